The van der Waals surface area contributed by atoms with Gasteiger partial charge in [-0.05, 0) is 73.4 Å². The van der Waals surface area contributed by atoms with E-state index in [9.17, 15) is 40.5 Å². The van der Waals surface area contributed by atoms with Gasteiger partial charge in [0.1, 0.15) is 36.6 Å². The molecule has 4 heterocycles. The van der Waals surface area contributed by atoms with E-state index in [1.807, 2.05) is 31.2 Å². The Balaban J connectivity index is 1.67. The van der Waals surface area contributed by atoms with Crippen molar-refractivity contribution < 1.29 is 78.4 Å². The summed E-state index contributed by atoms with van der Waals surface area (Å²) < 4.78 is 49.0. The molecule has 0 radical (unpaired) electrons. The summed E-state index contributed by atoms with van der Waals surface area (Å²) in [5.74, 6) is -1.54. The summed E-state index contributed by atoms with van der Waals surface area (Å²) in [5.41, 5.74) is -2.91. The summed E-state index contributed by atoms with van der Waals surface area (Å²) in [6.07, 6.45) is -5.93. The number of hydrogen-bond acceptors (Lipinski definition) is 17. The van der Waals surface area contributed by atoms with E-state index < -0.39 is 122 Å². The van der Waals surface area contributed by atoms with E-state index in [0.717, 1.165) is 0 Å². The number of nitrogens with zero attached hydrogens (tertiary/aromatic N) is 1. The predicted octanol–water partition coefficient (Wildman–Crippen LogP) is 0.522. The molecule has 336 valence electrons. The van der Waals surface area contributed by atoms with Gasteiger partial charge in [-0.2, -0.15) is 0 Å². The number of ether oxygens (including phenoxy) is 8. The van der Waals surface area contributed by atoms with Crippen LogP contribution in [-0.4, -0.2) is 184 Å². The quantitative estimate of drug-likeness (QED) is 0.149. The van der Waals surface area contributed by atoms with Gasteiger partial charge >= 0.3 is 5.97 Å². The first-order valence-electron chi connectivity index (χ1n) is 20.6. The zero-order chi connectivity index (χ0) is 43.1. The summed E-state index contributed by atoms with van der Waals surface area (Å²) in [5, 5.41) is 76.5. The number of hydrogen-bond donors (Lipinski definition) is 7. The fourth-order valence-electron chi connectivity index (χ4n) is 8.47. The maximum absolute atomic E-state index is 13.1. The molecule has 19 atom stereocenters. The molecule has 0 bridgehead atoms. The number of methoxy groups -OCH3 is 1. The Morgan fingerprint density at radius 2 is 1.57 bits per heavy atom. The maximum atomic E-state index is 13.1. The molecule has 3 saturated heterocycles. The number of rotatable bonds is 10. The van der Waals surface area contributed by atoms with Crippen LogP contribution in [0.15, 0.2) is 24.3 Å². The Labute approximate surface area is 342 Å². The second-order valence-electron chi connectivity index (χ2n) is 17.4. The van der Waals surface area contributed by atoms with Crippen LogP contribution in [0.25, 0.3) is 0 Å². The highest BCUT2D eigenvalue weighted by atomic mass is 16.7. The molecule has 0 aliphatic carbocycles. The molecule has 17 nitrogen and oxygen atoms in total. The molecular formula is C41H71NO16. The molecule has 4 rings (SSSR count). The van der Waals surface area contributed by atoms with Crippen LogP contribution in [0.4, 0.5) is 0 Å². The number of carbonyl (C=O) groups is 1. The van der Waals surface area contributed by atoms with E-state index >= 15 is 0 Å². The minimum Gasteiger partial charge on any atom is -0.462 e. The first-order valence-corrected chi connectivity index (χ1v) is 20.6. The van der Waals surface area contributed by atoms with E-state index in [1.165, 1.54) is 21.0 Å². The van der Waals surface area contributed by atoms with E-state index in [4.69, 9.17) is 37.9 Å². The molecule has 7 N–H and O–H groups in total. The number of cyclic esters (lactones) is 1. The lowest BCUT2D eigenvalue weighted by Crippen LogP contribution is -2.65. The highest BCUT2D eigenvalue weighted by Crippen LogP contribution is 2.37. The Morgan fingerprint density at radius 1 is 0.879 bits per heavy atom. The third kappa shape index (κ3) is 12.7. The Morgan fingerprint density at radius 3 is 2.19 bits per heavy atom. The van der Waals surface area contributed by atoms with Crippen LogP contribution in [0.5, 0.6) is 0 Å². The number of aliphatic hydroxyl groups excluding tert-OH is 5. The van der Waals surface area contributed by atoms with Crippen molar-refractivity contribution in [2.75, 3.05) is 34.4 Å². The molecular weight excluding hydrogens is 762 g/mol. The predicted molar refractivity (Wildman–Crippen MR) is 208 cm³/mol. The number of aliphatic hydroxyl groups is 7. The largest absolute Gasteiger partial charge is 0.462 e. The summed E-state index contributed by atoms with van der Waals surface area (Å²) in [4.78, 5) is 14.8. The van der Waals surface area contributed by atoms with Crippen molar-refractivity contribution >= 4 is 5.97 Å². The van der Waals surface area contributed by atoms with Gasteiger partial charge in [0.15, 0.2) is 18.9 Å². The standard InChI is InChI=1S/C41H71NO16/c1-22-17-26(15-16-43)36(58-39-34(47)33(42(7)8)35(24(3)55-39)57-32-20-41(6,50)38(48)25(4)54-32)37(51-9)27(44)18-30(46)53-23(2)13-11-10-12-14-28(22)56-31-19-40(5,49)29(45)21-52-31/h10-12,14,22-29,31-39,43-45,47-50H,13,15-21H2,1-9H3/b11-10+,14-12+/t22-,23-,24-,25+,26+,27+,28+,29-,31-,32+,33-,34+,35+,36-,37-,38-,39-,40+,41-/m1/s1. The van der Waals surface area contributed by atoms with Gasteiger partial charge in [0.2, 0.25) is 0 Å². The third-order valence-electron chi connectivity index (χ3n) is 11.9. The van der Waals surface area contributed by atoms with Crippen LogP contribution in [0.3, 0.4) is 0 Å². The molecule has 4 aliphatic heterocycles. The van der Waals surface area contributed by atoms with Crippen molar-refractivity contribution in [1.82, 2.24) is 4.90 Å². The SMILES string of the molecule is CO[C@H]1[C@H](O[C@H]2O[C@H](C)[C@H](O[C@H]3C[C@@](C)(O)[C@H](O)[C@H](C)O3)[C@H](N(C)C)[C@@H]2O)[C@@H](CCO)C[C@@H](C)[C@@H](O[C@@H]2C[C@](C)(O)[C@H](O)CO2)/C=C/C=C/C[C@@H](C)OC(=O)C[C@@H]1O. The lowest BCUT2D eigenvalue weighted by molar-refractivity contribution is -0.344. The number of likely N-dealkylation sites (N-methyl/N-ethyl adjacent to an activating group) is 1. The van der Waals surface area contributed by atoms with Crippen LogP contribution in [0.1, 0.15) is 80.1 Å². The highest BCUT2D eigenvalue weighted by molar-refractivity contribution is 5.70. The molecule has 0 aromatic carbocycles. The average molecular weight is 834 g/mol. The molecule has 0 aromatic rings. The van der Waals surface area contributed by atoms with Crippen molar-refractivity contribution in [3.63, 3.8) is 0 Å². The van der Waals surface area contributed by atoms with Crippen molar-refractivity contribution in [3.8, 4) is 0 Å². The van der Waals surface area contributed by atoms with Gasteiger partial charge < -0.3 is 78.5 Å². The fourth-order valence-corrected chi connectivity index (χ4v) is 8.47. The lowest BCUT2D eigenvalue weighted by atomic mass is 9.82. The zero-order valence-electron chi connectivity index (χ0n) is 35.5. The first-order chi connectivity index (χ1) is 27.2. The van der Waals surface area contributed by atoms with E-state index in [-0.39, 0.29) is 38.4 Å². The normalized spacial score (nSPS) is 47.7. The molecule has 17 heteroatoms. The van der Waals surface area contributed by atoms with Crippen LogP contribution in [0, 0.1) is 11.8 Å². The third-order valence-corrected chi connectivity index (χ3v) is 11.9. The Bertz CT molecular complexity index is 1330. The molecule has 0 spiro atoms. The number of allylic oxidation sites excluding steroid dienone is 2. The van der Waals surface area contributed by atoms with Crippen molar-refractivity contribution in [1.29, 1.82) is 0 Å². The van der Waals surface area contributed by atoms with Gasteiger partial charge in [-0.1, -0.05) is 31.2 Å². The smallest absolute Gasteiger partial charge is 0.308 e. The van der Waals surface area contributed by atoms with Gasteiger partial charge in [0.25, 0.3) is 0 Å². The number of esters is 1. The topological polar surface area (TPSA) is 236 Å². The second kappa shape index (κ2) is 21.4. The molecule has 4 aliphatic rings. The number of carbonyl (C=O) groups excluding carboxylic acids is 1. The Kier molecular flexibility index (Phi) is 18.1. The molecule has 58 heavy (non-hydrogen) atoms. The monoisotopic (exact) mass is 833 g/mol. The minimum absolute atomic E-state index is 0.0215. The highest BCUT2D eigenvalue weighted by Gasteiger charge is 2.52. The molecule has 3 fully saturated rings. The van der Waals surface area contributed by atoms with Gasteiger partial charge in [0.05, 0.1) is 60.8 Å². The van der Waals surface area contributed by atoms with Crippen molar-refractivity contribution in [2.45, 2.75) is 183 Å². The summed E-state index contributed by atoms with van der Waals surface area (Å²) in [6, 6.07) is -0.740. The zero-order valence-corrected chi connectivity index (χ0v) is 35.5. The maximum Gasteiger partial charge on any atom is 0.308 e. The van der Waals surface area contributed by atoms with E-state index in [0.29, 0.717) is 12.8 Å². The lowest BCUT2D eigenvalue weighted by Gasteiger charge is -2.50. The summed E-state index contributed by atoms with van der Waals surface area (Å²) in [6.45, 7) is 9.71. The van der Waals surface area contributed by atoms with Crippen molar-refractivity contribution in [3.05, 3.63) is 24.3 Å². The Hall–Kier alpha value is -1.65. The van der Waals surface area contributed by atoms with Gasteiger partial charge in [-0.3, -0.25) is 4.79 Å². The van der Waals surface area contributed by atoms with Crippen molar-refractivity contribution in [2.24, 2.45) is 11.8 Å². The van der Waals surface area contributed by atoms with Crippen LogP contribution >= 0.6 is 0 Å². The van der Waals surface area contributed by atoms with E-state index in [1.54, 1.807) is 39.8 Å². The van der Waals surface area contributed by atoms with Gasteiger partial charge in [0, 0.05) is 33.0 Å². The van der Waals surface area contributed by atoms with Crippen LogP contribution in [0.2, 0.25) is 0 Å². The molecule has 0 amide bonds. The van der Waals surface area contributed by atoms with E-state index in [2.05, 4.69) is 0 Å². The molecule has 0 aromatic heterocycles. The molecule has 0 saturated carbocycles. The minimum atomic E-state index is -1.48. The average Bonchev–Trinajstić information content (AvgIpc) is 3.12. The second-order valence-corrected chi connectivity index (χ2v) is 17.4. The molecule has 0 unspecified atom stereocenters. The first kappa shape index (κ1) is 49.0. The van der Waals surface area contributed by atoms with Crippen LogP contribution < -0.4 is 0 Å². The summed E-state index contributed by atoms with van der Waals surface area (Å²) >= 11 is 0. The van der Waals surface area contributed by atoms with Gasteiger partial charge in [-0.15, -0.1) is 0 Å². The van der Waals surface area contributed by atoms with Crippen LogP contribution in [-0.2, 0) is 42.7 Å². The van der Waals surface area contributed by atoms with Gasteiger partial charge in [-0.25, -0.2) is 0 Å². The summed E-state index contributed by atoms with van der Waals surface area (Å²) in [7, 11) is 4.90. The fraction of sp³-hybridized carbons (Fsp3) is 0.878.